The number of nitrogens with zero attached hydrogens (tertiary/aromatic N) is 1. The molecule has 0 aromatic rings. The van der Waals surface area contributed by atoms with Gasteiger partial charge in [0.25, 0.3) is 0 Å². The van der Waals surface area contributed by atoms with E-state index < -0.39 is 66.0 Å². The fourth-order valence-corrected chi connectivity index (χ4v) is 3.38. The summed E-state index contributed by atoms with van der Waals surface area (Å²) in [6, 6.07) is -3.47. The molecule has 0 bridgehead atoms. The average Bonchev–Trinajstić information content (AvgIpc) is 3.22. The summed E-state index contributed by atoms with van der Waals surface area (Å²) >= 11 is 5.48. The second kappa shape index (κ2) is 13.5. The highest BCUT2D eigenvalue weighted by molar-refractivity contribution is 6.63. The van der Waals surface area contributed by atoms with Crippen molar-refractivity contribution in [1.82, 2.24) is 20.9 Å². The van der Waals surface area contributed by atoms with Gasteiger partial charge in [0.1, 0.15) is 18.1 Å². The smallest absolute Gasteiger partial charge is 0.317 e. The molecule has 7 N–H and O–H groups in total. The van der Waals surface area contributed by atoms with E-state index >= 15 is 0 Å². The van der Waals surface area contributed by atoms with E-state index in [-0.39, 0.29) is 32.5 Å². The minimum absolute atomic E-state index is 0.0986. The summed E-state index contributed by atoms with van der Waals surface area (Å²) < 4.78 is 0. The molecular formula is C18H28ClN5O8. The molecule has 1 rings (SSSR count). The molecule has 0 saturated carbocycles. The molecule has 3 atom stereocenters. The topological polar surface area (TPSA) is 208 Å². The lowest BCUT2D eigenvalue weighted by Gasteiger charge is -2.26. The maximum atomic E-state index is 12.8. The molecule has 4 amide bonds. The Hall–Kier alpha value is -2.93. The van der Waals surface area contributed by atoms with E-state index in [2.05, 4.69) is 16.0 Å². The number of halogens is 1. The van der Waals surface area contributed by atoms with Crippen LogP contribution in [0.2, 0.25) is 0 Å². The van der Waals surface area contributed by atoms with Gasteiger partial charge in [-0.2, -0.15) is 0 Å². The quantitative estimate of drug-likeness (QED) is 0.136. The van der Waals surface area contributed by atoms with Crippen molar-refractivity contribution in [3.05, 3.63) is 0 Å². The second-order valence-electron chi connectivity index (χ2n) is 7.17. The highest BCUT2D eigenvalue weighted by Crippen LogP contribution is 2.19. The van der Waals surface area contributed by atoms with E-state index in [0.29, 0.717) is 12.8 Å². The molecule has 0 aliphatic carbocycles. The number of rotatable bonds is 13. The number of amides is 4. The minimum atomic E-state index is -1.33. The van der Waals surface area contributed by atoms with Gasteiger partial charge in [-0.25, -0.2) is 0 Å². The molecule has 1 heterocycles. The predicted molar refractivity (Wildman–Crippen MR) is 111 cm³/mol. The normalized spacial score (nSPS) is 17.2. The van der Waals surface area contributed by atoms with Gasteiger partial charge >= 0.3 is 17.3 Å². The van der Waals surface area contributed by atoms with E-state index in [1.54, 1.807) is 0 Å². The van der Waals surface area contributed by atoms with Gasteiger partial charge in [0.15, 0.2) is 0 Å². The van der Waals surface area contributed by atoms with Gasteiger partial charge in [-0.15, -0.1) is 0 Å². The van der Waals surface area contributed by atoms with Crippen LogP contribution in [0.4, 0.5) is 4.79 Å². The first-order chi connectivity index (χ1) is 15.1. The van der Waals surface area contributed by atoms with Crippen LogP contribution in [0.3, 0.4) is 0 Å². The van der Waals surface area contributed by atoms with Crippen LogP contribution in [0, 0.1) is 0 Å². The summed E-state index contributed by atoms with van der Waals surface area (Å²) in [5, 5.41) is 24.3. The molecule has 180 valence electrons. The van der Waals surface area contributed by atoms with E-state index in [9.17, 15) is 28.8 Å². The van der Waals surface area contributed by atoms with Crippen LogP contribution >= 0.6 is 11.6 Å². The van der Waals surface area contributed by atoms with Crippen LogP contribution in [0.5, 0.6) is 0 Å². The minimum Gasteiger partial charge on any atom is -0.481 e. The van der Waals surface area contributed by atoms with E-state index in [4.69, 9.17) is 27.5 Å². The van der Waals surface area contributed by atoms with Gasteiger partial charge in [-0.3, -0.25) is 28.8 Å². The molecular weight excluding hydrogens is 450 g/mol. The largest absolute Gasteiger partial charge is 0.481 e. The van der Waals surface area contributed by atoms with E-state index in [1.165, 1.54) is 0 Å². The maximum absolute atomic E-state index is 12.8. The Bertz CT molecular complexity index is 734. The molecule has 1 aliphatic rings. The highest BCUT2D eigenvalue weighted by atomic mass is 35.5. The number of aliphatic carboxylic acids is 2. The van der Waals surface area contributed by atoms with Crippen molar-refractivity contribution in [1.29, 1.82) is 0 Å². The summed E-state index contributed by atoms with van der Waals surface area (Å²) in [4.78, 5) is 72.2. The number of carboxylic acid groups (broad SMARTS) is 2. The van der Waals surface area contributed by atoms with Crippen molar-refractivity contribution in [2.24, 2.45) is 5.73 Å². The van der Waals surface area contributed by atoms with Crippen molar-refractivity contribution in [2.45, 2.75) is 56.7 Å². The van der Waals surface area contributed by atoms with Crippen LogP contribution in [0.1, 0.15) is 38.5 Å². The predicted octanol–water partition coefficient (Wildman–Crippen LogP) is -1.42. The van der Waals surface area contributed by atoms with Gasteiger partial charge in [0.05, 0.1) is 0 Å². The summed E-state index contributed by atoms with van der Waals surface area (Å²) in [6.45, 7) is 0.492. The van der Waals surface area contributed by atoms with Gasteiger partial charge in [0.2, 0.25) is 17.7 Å². The van der Waals surface area contributed by atoms with Gasteiger partial charge in [-0.1, -0.05) is 0 Å². The SMILES string of the molecule is NCCNC(=O)C(CCC(=O)O)NC(=O)C(CCC(=O)O)NC(=O)C1CCCN1C(=O)Cl. The van der Waals surface area contributed by atoms with Gasteiger partial charge < -0.3 is 36.8 Å². The average molecular weight is 478 g/mol. The zero-order valence-corrected chi connectivity index (χ0v) is 18.1. The summed E-state index contributed by atoms with van der Waals surface area (Å²) in [5.41, 5.74) is 5.33. The maximum Gasteiger partial charge on any atom is 0.317 e. The van der Waals surface area contributed by atoms with Crippen LogP contribution in [0.25, 0.3) is 0 Å². The first-order valence-electron chi connectivity index (χ1n) is 10.0. The summed E-state index contributed by atoms with van der Waals surface area (Å²) in [5.74, 6) is -4.60. The third-order valence-corrected chi connectivity index (χ3v) is 5.00. The number of hydrogen-bond acceptors (Lipinski definition) is 7. The van der Waals surface area contributed by atoms with Crippen molar-refractivity contribution < 1.29 is 39.0 Å². The number of likely N-dealkylation sites (tertiary alicyclic amines) is 1. The molecule has 0 aromatic heterocycles. The van der Waals surface area contributed by atoms with Crippen molar-refractivity contribution in [3.8, 4) is 0 Å². The number of hydrogen-bond donors (Lipinski definition) is 6. The fourth-order valence-electron chi connectivity index (χ4n) is 3.18. The third-order valence-electron chi connectivity index (χ3n) is 4.78. The molecule has 32 heavy (non-hydrogen) atoms. The summed E-state index contributed by atoms with van der Waals surface area (Å²) in [7, 11) is 0. The van der Waals surface area contributed by atoms with Crippen LogP contribution in [-0.4, -0.2) is 87.9 Å². The monoisotopic (exact) mass is 477 g/mol. The number of nitrogens with two attached hydrogens (primary N) is 1. The zero-order chi connectivity index (χ0) is 24.3. The van der Waals surface area contributed by atoms with Crippen molar-refractivity contribution >= 4 is 46.6 Å². The Morgan fingerprint density at radius 1 is 0.969 bits per heavy atom. The third kappa shape index (κ3) is 9.06. The van der Waals surface area contributed by atoms with Crippen LogP contribution in [-0.2, 0) is 24.0 Å². The Morgan fingerprint density at radius 3 is 2.03 bits per heavy atom. The van der Waals surface area contributed by atoms with Crippen LogP contribution < -0.4 is 21.7 Å². The standard InChI is InChI=1S/C18H28ClN5O8/c19-18(32)24-9-1-2-12(24)17(31)23-11(4-6-14(27)28)16(30)22-10(3-5-13(25)26)15(29)21-8-7-20/h10-12H,1-9,20H2,(H,21,29)(H,22,30)(H,23,31)(H,25,26)(H,27,28). The van der Waals surface area contributed by atoms with Crippen molar-refractivity contribution in [3.63, 3.8) is 0 Å². The Morgan fingerprint density at radius 2 is 1.53 bits per heavy atom. The Balaban J connectivity index is 2.93. The molecule has 1 fully saturated rings. The molecule has 0 spiro atoms. The van der Waals surface area contributed by atoms with Gasteiger partial charge in [-0.05, 0) is 37.3 Å². The van der Waals surface area contributed by atoms with Gasteiger partial charge in [0, 0.05) is 32.5 Å². The second-order valence-corrected chi connectivity index (χ2v) is 7.49. The molecule has 1 aliphatic heterocycles. The first kappa shape index (κ1) is 27.1. The fraction of sp³-hybridized carbons (Fsp3) is 0.667. The summed E-state index contributed by atoms with van der Waals surface area (Å²) in [6.07, 6.45) is -0.539. The molecule has 0 aromatic carbocycles. The lowest BCUT2D eigenvalue weighted by molar-refractivity contribution is -0.139. The number of carbonyl (C=O) groups is 6. The molecule has 0 radical (unpaired) electrons. The van der Waals surface area contributed by atoms with E-state index in [0.717, 1.165) is 4.90 Å². The Kier molecular flexibility index (Phi) is 11.4. The van der Waals surface area contributed by atoms with Crippen molar-refractivity contribution in [2.75, 3.05) is 19.6 Å². The number of nitrogens with one attached hydrogen (secondary N) is 3. The lowest BCUT2D eigenvalue weighted by atomic mass is 10.1. The molecule has 14 heteroatoms. The Labute approximate surface area is 189 Å². The number of carboxylic acids is 2. The van der Waals surface area contributed by atoms with E-state index in [1.807, 2.05) is 0 Å². The molecule has 1 saturated heterocycles. The highest BCUT2D eigenvalue weighted by Gasteiger charge is 2.36. The lowest BCUT2D eigenvalue weighted by Crippen LogP contribution is -2.56. The molecule has 13 nitrogen and oxygen atoms in total. The number of carbonyl (C=O) groups excluding carboxylic acids is 4. The van der Waals surface area contributed by atoms with Crippen LogP contribution in [0.15, 0.2) is 0 Å². The molecule has 3 unspecified atom stereocenters. The zero-order valence-electron chi connectivity index (χ0n) is 17.3. The first-order valence-corrected chi connectivity index (χ1v) is 10.4.